The topological polar surface area (TPSA) is 62.7 Å². The van der Waals surface area contributed by atoms with Crippen molar-refractivity contribution in [3.8, 4) is 0 Å². The summed E-state index contributed by atoms with van der Waals surface area (Å²) in [5.74, 6) is 0.633. The number of ether oxygens (including phenoxy) is 1. The zero-order valence-corrected chi connectivity index (χ0v) is 16.7. The van der Waals surface area contributed by atoms with Crippen LogP contribution in [0.2, 0.25) is 0 Å². The van der Waals surface area contributed by atoms with Gasteiger partial charge in [-0.2, -0.15) is 0 Å². The van der Waals surface area contributed by atoms with Crippen LogP contribution in [0.25, 0.3) is 0 Å². The first-order valence-corrected chi connectivity index (χ1v) is 10.1. The minimum atomic E-state index is -0.541. The smallest absolute Gasteiger partial charge is 0.416 e. The number of hydrogen-bond acceptors (Lipinski definition) is 4. The van der Waals surface area contributed by atoms with Gasteiger partial charge in [0.05, 0.1) is 6.04 Å². The van der Waals surface area contributed by atoms with Crippen molar-refractivity contribution in [1.29, 1.82) is 0 Å². The van der Waals surface area contributed by atoms with E-state index in [4.69, 9.17) is 4.74 Å². The Kier molecular flexibility index (Phi) is 6.02. The Bertz CT molecular complexity index is 648. The summed E-state index contributed by atoms with van der Waals surface area (Å²) in [4.78, 5) is 32.4. The van der Waals surface area contributed by atoms with Crippen molar-refractivity contribution in [3.05, 3.63) is 23.9 Å². The molecule has 1 unspecified atom stereocenters. The number of pyridine rings is 1. The quantitative estimate of drug-likeness (QED) is 0.732. The maximum Gasteiger partial charge on any atom is 0.416 e. The highest BCUT2D eigenvalue weighted by Crippen LogP contribution is 2.32. The van der Waals surface area contributed by atoms with E-state index in [0.29, 0.717) is 5.82 Å². The van der Waals surface area contributed by atoms with Gasteiger partial charge in [0.2, 0.25) is 6.41 Å². The van der Waals surface area contributed by atoms with Crippen molar-refractivity contribution in [3.63, 3.8) is 0 Å². The van der Waals surface area contributed by atoms with Gasteiger partial charge in [-0.05, 0) is 64.5 Å². The Hall–Kier alpha value is -2.11. The van der Waals surface area contributed by atoms with E-state index in [1.807, 2.05) is 44.0 Å². The van der Waals surface area contributed by atoms with Crippen LogP contribution in [-0.2, 0) is 9.53 Å². The van der Waals surface area contributed by atoms with E-state index in [1.165, 1.54) is 0 Å². The lowest BCUT2D eigenvalue weighted by atomic mass is 9.97. The number of anilines is 1. The average Bonchev–Trinajstić information content (AvgIpc) is 3.15. The van der Waals surface area contributed by atoms with E-state index in [2.05, 4.69) is 4.98 Å². The van der Waals surface area contributed by atoms with Crippen LogP contribution in [0.4, 0.5) is 10.6 Å². The second-order valence-corrected chi connectivity index (χ2v) is 8.59. The van der Waals surface area contributed by atoms with Crippen LogP contribution in [0, 0.1) is 0 Å². The summed E-state index contributed by atoms with van der Waals surface area (Å²) in [5, 5.41) is 0. The van der Waals surface area contributed by atoms with Gasteiger partial charge in [0.1, 0.15) is 11.4 Å². The van der Waals surface area contributed by atoms with E-state index in [0.717, 1.165) is 63.5 Å². The summed E-state index contributed by atoms with van der Waals surface area (Å²) >= 11 is 0. The molecule has 1 saturated carbocycles. The molecule has 27 heavy (non-hydrogen) atoms. The molecular formula is C21H31N3O3. The minimum Gasteiger partial charge on any atom is -0.443 e. The lowest BCUT2D eigenvalue weighted by Gasteiger charge is -2.33. The van der Waals surface area contributed by atoms with Crippen molar-refractivity contribution < 1.29 is 14.3 Å². The standard InChI is InChI=1S/C21H31N3O3/c1-21(2,3)27-20(26)24(17-8-4-5-9-17)19-12-11-16(14-22-19)18-10-6-7-13-23(18)15-25/h11-12,14-15,17-18H,4-10,13H2,1-3H3. The Morgan fingerprint density at radius 1 is 1.19 bits per heavy atom. The zero-order chi connectivity index (χ0) is 19.4. The normalized spacial score (nSPS) is 21.1. The van der Waals surface area contributed by atoms with Crippen LogP contribution in [0.5, 0.6) is 0 Å². The molecule has 2 amide bonds. The highest BCUT2D eigenvalue weighted by molar-refractivity contribution is 5.87. The molecule has 2 fully saturated rings. The fraction of sp³-hybridized carbons (Fsp3) is 0.667. The van der Waals surface area contributed by atoms with Gasteiger partial charge in [-0.15, -0.1) is 0 Å². The summed E-state index contributed by atoms with van der Waals surface area (Å²) < 4.78 is 5.64. The first kappa shape index (κ1) is 19.6. The van der Waals surface area contributed by atoms with Gasteiger partial charge in [-0.3, -0.25) is 9.69 Å². The fourth-order valence-electron chi connectivity index (χ4n) is 4.08. The monoisotopic (exact) mass is 373 g/mol. The Labute approximate surface area is 161 Å². The molecule has 1 saturated heterocycles. The predicted molar refractivity (Wildman–Crippen MR) is 105 cm³/mol. The molecule has 6 heteroatoms. The van der Waals surface area contributed by atoms with Crippen molar-refractivity contribution in [2.75, 3.05) is 11.4 Å². The van der Waals surface area contributed by atoms with Crippen LogP contribution < -0.4 is 4.90 Å². The summed E-state index contributed by atoms with van der Waals surface area (Å²) in [7, 11) is 0. The van der Waals surface area contributed by atoms with Crippen LogP contribution in [-0.4, -0.2) is 40.6 Å². The van der Waals surface area contributed by atoms with Gasteiger partial charge in [0.15, 0.2) is 0 Å². The molecular weight excluding hydrogens is 342 g/mol. The third kappa shape index (κ3) is 4.79. The van der Waals surface area contributed by atoms with Crippen LogP contribution in [0.15, 0.2) is 18.3 Å². The molecule has 0 aromatic carbocycles. The Balaban J connectivity index is 1.82. The van der Waals surface area contributed by atoms with Crippen LogP contribution in [0.3, 0.4) is 0 Å². The second-order valence-electron chi connectivity index (χ2n) is 8.59. The third-order valence-corrected chi connectivity index (χ3v) is 5.36. The van der Waals surface area contributed by atoms with Crippen molar-refractivity contribution in [2.45, 2.75) is 83.4 Å². The Morgan fingerprint density at radius 3 is 2.48 bits per heavy atom. The van der Waals surface area contributed by atoms with Crippen molar-refractivity contribution >= 4 is 18.3 Å². The molecule has 6 nitrogen and oxygen atoms in total. The molecule has 148 valence electrons. The average molecular weight is 373 g/mol. The lowest BCUT2D eigenvalue weighted by Crippen LogP contribution is -2.43. The van der Waals surface area contributed by atoms with Gasteiger partial charge in [-0.25, -0.2) is 9.78 Å². The molecule has 1 aliphatic carbocycles. The molecule has 1 atom stereocenters. The number of likely N-dealkylation sites (tertiary alicyclic amines) is 1. The van der Waals surface area contributed by atoms with Gasteiger partial charge >= 0.3 is 6.09 Å². The zero-order valence-electron chi connectivity index (χ0n) is 16.7. The van der Waals surface area contributed by atoms with E-state index in [1.54, 1.807) is 4.90 Å². The molecule has 1 aliphatic heterocycles. The van der Waals surface area contributed by atoms with Gasteiger partial charge in [0.25, 0.3) is 0 Å². The fourth-order valence-corrected chi connectivity index (χ4v) is 4.08. The number of nitrogens with zero attached hydrogens (tertiary/aromatic N) is 3. The maximum atomic E-state index is 12.8. The summed E-state index contributed by atoms with van der Waals surface area (Å²) in [6.45, 7) is 6.43. The molecule has 0 spiro atoms. The molecule has 0 radical (unpaired) electrons. The number of amides is 2. The molecule has 3 rings (SSSR count). The molecule has 1 aromatic heterocycles. The van der Waals surface area contributed by atoms with Crippen molar-refractivity contribution in [2.24, 2.45) is 0 Å². The largest absolute Gasteiger partial charge is 0.443 e. The number of aromatic nitrogens is 1. The number of rotatable bonds is 4. The van der Waals surface area contributed by atoms with Gasteiger partial charge in [0, 0.05) is 18.8 Å². The molecule has 2 heterocycles. The minimum absolute atomic E-state index is 0.0826. The van der Waals surface area contributed by atoms with Crippen molar-refractivity contribution in [1.82, 2.24) is 9.88 Å². The highest BCUT2D eigenvalue weighted by Gasteiger charge is 2.32. The lowest BCUT2D eigenvalue weighted by molar-refractivity contribution is -0.121. The van der Waals surface area contributed by atoms with E-state index in [-0.39, 0.29) is 18.2 Å². The molecule has 2 aliphatic rings. The van der Waals surface area contributed by atoms with E-state index < -0.39 is 5.60 Å². The number of carbonyl (C=O) groups excluding carboxylic acids is 2. The van der Waals surface area contributed by atoms with Gasteiger partial charge in [-0.1, -0.05) is 18.9 Å². The molecule has 0 bridgehead atoms. The number of hydrogen-bond donors (Lipinski definition) is 0. The molecule has 1 aromatic rings. The predicted octanol–water partition coefficient (Wildman–Crippen LogP) is 4.45. The second kappa shape index (κ2) is 8.28. The SMILES string of the molecule is CC(C)(C)OC(=O)N(c1ccc(C2CCCCN2C=O)cn1)C1CCCC1. The van der Waals surface area contributed by atoms with E-state index >= 15 is 0 Å². The highest BCUT2D eigenvalue weighted by atomic mass is 16.6. The maximum absolute atomic E-state index is 12.8. The first-order chi connectivity index (χ1) is 12.9. The van der Waals surface area contributed by atoms with Gasteiger partial charge < -0.3 is 9.64 Å². The Morgan fingerprint density at radius 2 is 1.89 bits per heavy atom. The summed E-state index contributed by atoms with van der Waals surface area (Å²) in [6.07, 6.45) is 9.74. The summed E-state index contributed by atoms with van der Waals surface area (Å²) in [6, 6.07) is 4.12. The number of piperidine rings is 1. The first-order valence-electron chi connectivity index (χ1n) is 10.1. The third-order valence-electron chi connectivity index (χ3n) is 5.36. The van der Waals surface area contributed by atoms with E-state index in [9.17, 15) is 9.59 Å². The van der Waals surface area contributed by atoms with Crippen LogP contribution >= 0.6 is 0 Å². The number of carbonyl (C=O) groups is 2. The van der Waals surface area contributed by atoms with Crippen LogP contribution in [0.1, 0.15) is 77.3 Å². The molecule has 0 N–H and O–H groups in total. The summed E-state index contributed by atoms with van der Waals surface area (Å²) in [5.41, 5.74) is 0.488.